The van der Waals surface area contributed by atoms with Gasteiger partial charge in [-0.1, -0.05) is 6.07 Å². The quantitative estimate of drug-likeness (QED) is 0.568. The average molecular weight is 485 g/mol. The van der Waals surface area contributed by atoms with Crippen LogP contribution in [0.1, 0.15) is 6.42 Å². The average Bonchev–Trinajstić information content (AvgIpc) is 3.05. The Morgan fingerprint density at radius 2 is 1.82 bits per heavy atom. The smallest absolute Gasteiger partial charge is 0.267 e. The van der Waals surface area contributed by atoms with E-state index in [2.05, 4.69) is 10.4 Å². The molecule has 0 saturated carbocycles. The van der Waals surface area contributed by atoms with Crippen molar-refractivity contribution in [3.63, 3.8) is 0 Å². The highest BCUT2D eigenvalue weighted by Crippen LogP contribution is 2.33. The standard InChI is InChI=1S/C23H24N4O6S/c1-26(2)34(30,31)18-6-3-5-17(14-18)24-22(28)15-27-23(29)10-8-19(25-27)16-7-9-20-21(13-16)33-12-4-11-32-20/h3,5-10,13-14H,4,11-12,15H2,1-2H3,(H,24,28). The number of benzene rings is 2. The van der Waals surface area contributed by atoms with Crippen molar-refractivity contribution in [3.8, 4) is 22.8 Å². The molecule has 10 nitrogen and oxygen atoms in total. The van der Waals surface area contributed by atoms with E-state index < -0.39 is 21.5 Å². The second-order valence-corrected chi connectivity index (χ2v) is 9.94. The maximum absolute atomic E-state index is 12.6. The molecule has 0 spiro atoms. The van der Waals surface area contributed by atoms with E-state index in [9.17, 15) is 18.0 Å². The van der Waals surface area contributed by atoms with Gasteiger partial charge in [-0.25, -0.2) is 17.4 Å². The van der Waals surface area contributed by atoms with E-state index in [1.807, 2.05) is 0 Å². The number of rotatable bonds is 6. The van der Waals surface area contributed by atoms with Crippen LogP contribution in [0.5, 0.6) is 11.5 Å². The molecule has 1 N–H and O–H groups in total. The van der Waals surface area contributed by atoms with Crippen LogP contribution in [-0.4, -0.2) is 55.7 Å². The Morgan fingerprint density at radius 3 is 2.59 bits per heavy atom. The first-order valence-electron chi connectivity index (χ1n) is 10.5. The van der Waals surface area contributed by atoms with Crippen molar-refractivity contribution in [1.82, 2.24) is 14.1 Å². The van der Waals surface area contributed by atoms with Crippen LogP contribution in [0.15, 0.2) is 64.3 Å². The van der Waals surface area contributed by atoms with E-state index in [-0.39, 0.29) is 11.4 Å². The molecular formula is C23H24N4O6S. The van der Waals surface area contributed by atoms with Crippen molar-refractivity contribution in [3.05, 3.63) is 65.0 Å². The lowest BCUT2D eigenvalue weighted by Crippen LogP contribution is -2.29. The zero-order valence-corrected chi connectivity index (χ0v) is 19.5. The maximum Gasteiger partial charge on any atom is 0.267 e. The lowest BCUT2D eigenvalue weighted by atomic mass is 10.1. The van der Waals surface area contributed by atoms with Crippen LogP contribution in [0.4, 0.5) is 5.69 Å². The summed E-state index contributed by atoms with van der Waals surface area (Å²) in [5, 5.41) is 6.94. The summed E-state index contributed by atoms with van der Waals surface area (Å²) in [6.07, 6.45) is 0.784. The number of fused-ring (bicyclic) bond motifs is 1. The molecular weight excluding hydrogens is 460 g/mol. The molecule has 0 saturated heterocycles. The van der Waals surface area contributed by atoms with Gasteiger partial charge in [0, 0.05) is 37.8 Å². The van der Waals surface area contributed by atoms with Crippen molar-refractivity contribution in [2.45, 2.75) is 17.9 Å². The van der Waals surface area contributed by atoms with Gasteiger partial charge in [0.05, 0.1) is 23.8 Å². The third-order valence-electron chi connectivity index (χ3n) is 5.10. The van der Waals surface area contributed by atoms with Gasteiger partial charge in [-0.3, -0.25) is 9.59 Å². The molecule has 1 amide bonds. The minimum Gasteiger partial charge on any atom is -0.490 e. The molecule has 3 aromatic rings. The number of carbonyl (C=O) groups excluding carboxylic acids is 1. The van der Waals surface area contributed by atoms with Crippen molar-refractivity contribution in [2.75, 3.05) is 32.6 Å². The minimum atomic E-state index is -3.65. The number of hydrogen-bond donors (Lipinski definition) is 1. The summed E-state index contributed by atoms with van der Waals surface area (Å²) in [5.41, 5.74) is 1.04. The third kappa shape index (κ3) is 5.10. The van der Waals surface area contributed by atoms with Crippen LogP contribution >= 0.6 is 0 Å². The van der Waals surface area contributed by atoms with Crippen molar-refractivity contribution >= 4 is 21.6 Å². The van der Waals surface area contributed by atoms with Gasteiger partial charge in [-0.05, 0) is 42.5 Å². The number of anilines is 1. The van der Waals surface area contributed by atoms with Crippen LogP contribution in [-0.2, 0) is 21.4 Å². The van der Waals surface area contributed by atoms with Crippen molar-refractivity contribution in [2.24, 2.45) is 0 Å². The lowest BCUT2D eigenvalue weighted by molar-refractivity contribution is -0.117. The Labute approximate surface area is 196 Å². The second-order valence-electron chi connectivity index (χ2n) is 7.79. The fourth-order valence-corrected chi connectivity index (χ4v) is 4.27. The molecule has 34 heavy (non-hydrogen) atoms. The lowest BCUT2D eigenvalue weighted by Gasteiger charge is -2.13. The SMILES string of the molecule is CN(C)S(=O)(=O)c1cccc(NC(=O)Cn2nc(-c3ccc4c(c3)OCCCO4)ccc2=O)c1. The summed E-state index contributed by atoms with van der Waals surface area (Å²) < 4.78 is 38.1. The summed E-state index contributed by atoms with van der Waals surface area (Å²) in [5.74, 6) is 0.720. The summed E-state index contributed by atoms with van der Waals surface area (Å²) >= 11 is 0. The Bertz CT molecular complexity index is 1380. The Hall–Kier alpha value is -3.70. The summed E-state index contributed by atoms with van der Waals surface area (Å²) in [6.45, 7) is 0.775. The highest BCUT2D eigenvalue weighted by atomic mass is 32.2. The monoisotopic (exact) mass is 484 g/mol. The Morgan fingerprint density at radius 1 is 1.06 bits per heavy atom. The number of nitrogens with zero attached hydrogens (tertiary/aromatic N) is 3. The number of carbonyl (C=O) groups is 1. The fourth-order valence-electron chi connectivity index (χ4n) is 3.32. The van der Waals surface area contributed by atoms with E-state index >= 15 is 0 Å². The molecule has 1 aliphatic heterocycles. The predicted molar refractivity (Wildman–Crippen MR) is 125 cm³/mol. The molecule has 0 radical (unpaired) electrons. The number of aromatic nitrogens is 2. The molecule has 4 rings (SSSR count). The molecule has 0 aliphatic carbocycles. The number of amides is 1. The summed E-state index contributed by atoms with van der Waals surface area (Å²) in [4.78, 5) is 25.0. The largest absolute Gasteiger partial charge is 0.490 e. The van der Waals surface area contributed by atoms with E-state index in [0.29, 0.717) is 41.7 Å². The number of hydrogen-bond acceptors (Lipinski definition) is 7. The number of nitrogens with one attached hydrogen (secondary N) is 1. The van der Waals surface area contributed by atoms with Crippen LogP contribution in [0.3, 0.4) is 0 Å². The van der Waals surface area contributed by atoms with E-state index in [0.717, 1.165) is 15.4 Å². The van der Waals surface area contributed by atoms with Crippen LogP contribution in [0.2, 0.25) is 0 Å². The Kier molecular flexibility index (Phi) is 6.66. The van der Waals surface area contributed by atoms with Gasteiger partial charge in [-0.15, -0.1) is 0 Å². The first-order chi connectivity index (χ1) is 16.2. The molecule has 0 atom stereocenters. The minimum absolute atomic E-state index is 0.0435. The maximum atomic E-state index is 12.6. The molecule has 0 bridgehead atoms. The topological polar surface area (TPSA) is 120 Å². The van der Waals surface area contributed by atoms with Crippen LogP contribution in [0, 0.1) is 0 Å². The summed E-state index contributed by atoms with van der Waals surface area (Å²) in [6, 6.07) is 14.2. The third-order valence-corrected chi connectivity index (χ3v) is 6.91. The molecule has 2 aromatic carbocycles. The summed E-state index contributed by atoms with van der Waals surface area (Å²) in [7, 11) is -0.800. The van der Waals surface area contributed by atoms with Gasteiger partial charge in [0.15, 0.2) is 11.5 Å². The van der Waals surface area contributed by atoms with Gasteiger partial charge in [0.1, 0.15) is 6.54 Å². The normalized spacial score (nSPS) is 13.4. The zero-order valence-electron chi connectivity index (χ0n) is 18.7. The van der Waals surface area contributed by atoms with Gasteiger partial charge >= 0.3 is 0 Å². The zero-order chi connectivity index (χ0) is 24.3. The van der Waals surface area contributed by atoms with Gasteiger partial charge in [0.25, 0.3) is 5.56 Å². The number of sulfonamides is 1. The first kappa shape index (κ1) is 23.5. The highest BCUT2D eigenvalue weighted by molar-refractivity contribution is 7.89. The number of ether oxygens (including phenoxy) is 2. The molecule has 178 valence electrons. The van der Waals surface area contributed by atoms with Gasteiger partial charge < -0.3 is 14.8 Å². The van der Waals surface area contributed by atoms with Gasteiger partial charge in [-0.2, -0.15) is 5.10 Å². The van der Waals surface area contributed by atoms with E-state index in [1.165, 1.54) is 38.4 Å². The molecule has 1 aromatic heterocycles. The van der Waals surface area contributed by atoms with Crippen LogP contribution in [0.25, 0.3) is 11.3 Å². The predicted octanol–water partition coefficient (Wildman–Crippen LogP) is 1.96. The molecule has 1 aliphatic rings. The molecule has 0 unspecified atom stereocenters. The van der Waals surface area contributed by atoms with Crippen LogP contribution < -0.4 is 20.3 Å². The van der Waals surface area contributed by atoms with Crippen molar-refractivity contribution < 1.29 is 22.7 Å². The van der Waals surface area contributed by atoms with Gasteiger partial charge in [0.2, 0.25) is 15.9 Å². The first-order valence-corrected chi connectivity index (χ1v) is 12.0. The molecule has 0 fully saturated rings. The molecule has 2 heterocycles. The van der Waals surface area contributed by atoms with E-state index in [1.54, 1.807) is 30.3 Å². The van der Waals surface area contributed by atoms with Crippen molar-refractivity contribution in [1.29, 1.82) is 0 Å². The second kappa shape index (κ2) is 9.65. The fraction of sp³-hybridized carbons (Fsp3) is 0.261. The highest BCUT2D eigenvalue weighted by Gasteiger charge is 2.18. The van der Waals surface area contributed by atoms with E-state index in [4.69, 9.17) is 9.47 Å². The molecule has 11 heteroatoms. The Balaban J connectivity index is 1.53.